The number of urea groups is 1. The lowest BCUT2D eigenvalue weighted by molar-refractivity contribution is -0.154. The van der Waals surface area contributed by atoms with E-state index in [0.717, 1.165) is 25.9 Å². The summed E-state index contributed by atoms with van der Waals surface area (Å²) in [6, 6.07) is 4.18. The lowest BCUT2D eigenvalue weighted by Crippen LogP contribution is -2.58. The Bertz CT molecular complexity index is 831. The number of nitrogens with zero attached hydrogens (tertiary/aromatic N) is 2. The van der Waals surface area contributed by atoms with Crippen molar-refractivity contribution in [3.8, 4) is 0 Å². The zero-order valence-electron chi connectivity index (χ0n) is 18.6. The Labute approximate surface area is 204 Å². The van der Waals surface area contributed by atoms with Crippen LogP contribution in [0.1, 0.15) is 38.5 Å². The maximum absolute atomic E-state index is 13.2. The van der Waals surface area contributed by atoms with Gasteiger partial charge in [-0.15, -0.1) is 0 Å². The van der Waals surface area contributed by atoms with Gasteiger partial charge in [-0.3, -0.25) is 4.79 Å². The number of hydrogen-bond donors (Lipinski definition) is 2. The Morgan fingerprint density at radius 1 is 1.06 bits per heavy atom. The molecule has 3 aliphatic heterocycles. The zero-order valence-corrected chi connectivity index (χ0v) is 20.1. The summed E-state index contributed by atoms with van der Waals surface area (Å²) in [5, 5.41) is 14.0. The highest BCUT2D eigenvalue weighted by Crippen LogP contribution is 2.29. The van der Waals surface area contributed by atoms with Crippen LogP contribution in [0, 0.1) is 0 Å². The van der Waals surface area contributed by atoms with Crippen molar-refractivity contribution in [3.63, 3.8) is 0 Å². The van der Waals surface area contributed by atoms with Crippen molar-refractivity contribution in [2.75, 3.05) is 38.2 Å². The second-order valence-electron chi connectivity index (χ2n) is 9.02. The average Bonchev–Trinajstić information content (AvgIpc) is 2.76. The van der Waals surface area contributed by atoms with E-state index >= 15 is 0 Å². The molecule has 182 valence electrons. The molecule has 0 spiro atoms. The van der Waals surface area contributed by atoms with Gasteiger partial charge < -0.3 is 29.7 Å². The van der Waals surface area contributed by atoms with Gasteiger partial charge in [0.1, 0.15) is 6.10 Å². The highest BCUT2D eigenvalue weighted by molar-refractivity contribution is 6.35. The number of ether oxygens (including phenoxy) is 2. The van der Waals surface area contributed by atoms with E-state index in [-0.39, 0.29) is 49.9 Å². The van der Waals surface area contributed by atoms with Crippen LogP contribution in [-0.4, -0.2) is 84.0 Å². The average molecular weight is 500 g/mol. The van der Waals surface area contributed by atoms with Crippen LogP contribution in [0.15, 0.2) is 18.2 Å². The fraction of sp³-hybridized carbons (Fsp3) is 0.652. The van der Waals surface area contributed by atoms with E-state index in [2.05, 4.69) is 5.32 Å². The molecule has 0 bridgehead atoms. The van der Waals surface area contributed by atoms with E-state index < -0.39 is 6.10 Å². The second-order valence-corrected chi connectivity index (χ2v) is 9.89. The lowest BCUT2D eigenvalue weighted by Gasteiger charge is -2.44. The fourth-order valence-electron chi connectivity index (χ4n) is 4.86. The summed E-state index contributed by atoms with van der Waals surface area (Å²) in [6.45, 7) is 2.11. The van der Waals surface area contributed by atoms with Gasteiger partial charge in [-0.2, -0.15) is 0 Å². The monoisotopic (exact) mass is 499 g/mol. The number of benzene rings is 1. The highest BCUT2D eigenvalue weighted by Gasteiger charge is 2.40. The molecule has 3 saturated heterocycles. The predicted molar refractivity (Wildman–Crippen MR) is 126 cm³/mol. The summed E-state index contributed by atoms with van der Waals surface area (Å²) >= 11 is 12.1. The molecule has 3 fully saturated rings. The van der Waals surface area contributed by atoms with E-state index in [4.69, 9.17) is 32.7 Å². The van der Waals surface area contributed by atoms with Crippen molar-refractivity contribution < 1.29 is 24.2 Å². The minimum absolute atomic E-state index is 0.108. The van der Waals surface area contributed by atoms with Gasteiger partial charge in [-0.25, -0.2) is 4.79 Å². The summed E-state index contributed by atoms with van der Waals surface area (Å²) in [5.41, 5.74) is 0.476. The van der Waals surface area contributed by atoms with Gasteiger partial charge in [-0.1, -0.05) is 23.2 Å². The lowest BCUT2D eigenvalue weighted by atomic mass is 9.94. The number of fused-ring (bicyclic) bond motifs is 1. The minimum atomic E-state index is -0.807. The quantitative estimate of drug-likeness (QED) is 0.663. The Kier molecular flexibility index (Phi) is 8.35. The first-order valence-electron chi connectivity index (χ1n) is 11.6. The van der Waals surface area contributed by atoms with E-state index in [9.17, 15) is 14.7 Å². The number of anilines is 1. The molecule has 3 aliphatic rings. The number of nitrogens with one attached hydrogen (secondary N) is 1. The minimum Gasteiger partial charge on any atom is -0.389 e. The number of hydrogen-bond acceptors (Lipinski definition) is 5. The second kappa shape index (κ2) is 11.2. The number of rotatable bonds is 3. The number of carbonyl (C=O) groups excluding carboxylic acids is 2. The van der Waals surface area contributed by atoms with Crippen LogP contribution < -0.4 is 5.32 Å². The molecular formula is C23H31Cl2N3O5. The standard InChI is InChI=1S/C23H31Cl2N3O5/c24-15-8-16(25)10-17(9-15)26-23(31)28-12-18(29)13-32-14-21-20(28)5-4-19(33-21)11-22(30)27-6-2-1-3-7-27/h8-10,18-21,29H,1-7,11-14H2,(H,26,31)/t18-,19-,20-,21+/m0/s1. The molecule has 33 heavy (non-hydrogen) atoms. The number of aliphatic hydroxyl groups excluding tert-OH is 1. The summed E-state index contributed by atoms with van der Waals surface area (Å²) in [4.78, 5) is 29.4. The van der Waals surface area contributed by atoms with Gasteiger partial charge in [0.25, 0.3) is 0 Å². The maximum Gasteiger partial charge on any atom is 0.322 e. The van der Waals surface area contributed by atoms with Gasteiger partial charge in [0.05, 0.1) is 44.4 Å². The molecule has 8 nitrogen and oxygen atoms in total. The SMILES string of the molecule is O=C(C[C@@H]1CC[C@H]2[C@@H](COC[C@@H](O)CN2C(=O)Nc2cc(Cl)cc(Cl)c2)O1)N1CCCCC1. The number of piperidine rings is 1. The molecule has 3 heterocycles. The summed E-state index contributed by atoms with van der Waals surface area (Å²) in [7, 11) is 0. The Morgan fingerprint density at radius 3 is 2.52 bits per heavy atom. The largest absolute Gasteiger partial charge is 0.389 e. The molecular weight excluding hydrogens is 469 g/mol. The zero-order chi connectivity index (χ0) is 23.4. The highest BCUT2D eigenvalue weighted by atomic mass is 35.5. The van der Waals surface area contributed by atoms with Crippen molar-refractivity contribution in [2.45, 2.75) is 62.9 Å². The fourth-order valence-corrected chi connectivity index (χ4v) is 5.39. The molecule has 0 radical (unpaired) electrons. The van der Waals surface area contributed by atoms with Crippen LogP contribution >= 0.6 is 23.2 Å². The number of carbonyl (C=O) groups is 2. The van der Waals surface area contributed by atoms with Crippen LogP contribution in [0.2, 0.25) is 10.0 Å². The molecule has 4 atom stereocenters. The van der Waals surface area contributed by atoms with Gasteiger partial charge >= 0.3 is 6.03 Å². The summed E-state index contributed by atoms with van der Waals surface area (Å²) in [6.07, 6.45) is 3.56. The van der Waals surface area contributed by atoms with Crippen molar-refractivity contribution in [3.05, 3.63) is 28.2 Å². The third-order valence-corrected chi connectivity index (χ3v) is 6.90. The molecule has 0 unspecified atom stereocenters. The first kappa shape index (κ1) is 24.5. The number of likely N-dealkylation sites (tertiary alicyclic amines) is 1. The van der Waals surface area contributed by atoms with Crippen LogP contribution in [0.25, 0.3) is 0 Å². The van der Waals surface area contributed by atoms with Gasteiger partial charge in [0, 0.05) is 28.8 Å². The van der Waals surface area contributed by atoms with E-state index in [0.29, 0.717) is 35.0 Å². The Hall–Kier alpha value is -1.58. The number of halogens is 2. The van der Waals surface area contributed by atoms with Crippen molar-refractivity contribution in [1.29, 1.82) is 0 Å². The molecule has 2 N–H and O–H groups in total. The van der Waals surface area contributed by atoms with Crippen LogP contribution in [0.3, 0.4) is 0 Å². The normalized spacial score (nSPS) is 28.5. The Balaban J connectivity index is 1.42. The number of β-amino-alcohol motifs (C(OH)–C–C–N with tert-alkyl or cyclic N) is 1. The molecule has 3 amide bonds. The van der Waals surface area contributed by atoms with Crippen molar-refractivity contribution in [1.82, 2.24) is 9.80 Å². The molecule has 1 aromatic carbocycles. The molecule has 4 rings (SSSR count). The molecule has 10 heteroatoms. The van der Waals surface area contributed by atoms with Gasteiger partial charge in [0.2, 0.25) is 5.91 Å². The third-order valence-electron chi connectivity index (χ3n) is 6.47. The third kappa shape index (κ3) is 6.51. The molecule has 1 aromatic rings. The molecule has 0 aromatic heterocycles. The van der Waals surface area contributed by atoms with Crippen LogP contribution in [-0.2, 0) is 14.3 Å². The van der Waals surface area contributed by atoms with Gasteiger partial charge in [-0.05, 0) is 50.3 Å². The topological polar surface area (TPSA) is 91.3 Å². The molecule has 0 saturated carbocycles. The van der Waals surface area contributed by atoms with Crippen LogP contribution in [0.5, 0.6) is 0 Å². The maximum atomic E-state index is 13.2. The first-order valence-corrected chi connectivity index (χ1v) is 12.4. The smallest absolute Gasteiger partial charge is 0.322 e. The number of aliphatic hydroxyl groups is 1. The summed E-state index contributed by atoms with van der Waals surface area (Å²) < 4.78 is 11.9. The van der Waals surface area contributed by atoms with Gasteiger partial charge in [0.15, 0.2) is 0 Å². The van der Waals surface area contributed by atoms with Crippen molar-refractivity contribution in [2.24, 2.45) is 0 Å². The Morgan fingerprint density at radius 2 is 1.79 bits per heavy atom. The van der Waals surface area contributed by atoms with E-state index in [1.807, 2.05) is 4.90 Å². The van der Waals surface area contributed by atoms with Crippen molar-refractivity contribution >= 4 is 40.8 Å². The number of amides is 3. The molecule has 0 aliphatic carbocycles. The van der Waals surface area contributed by atoms with E-state index in [1.54, 1.807) is 23.1 Å². The predicted octanol–water partition coefficient (Wildman–Crippen LogP) is 3.54. The van der Waals surface area contributed by atoms with E-state index in [1.165, 1.54) is 6.42 Å². The first-order chi connectivity index (χ1) is 15.9. The van der Waals surface area contributed by atoms with Crippen LogP contribution in [0.4, 0.5) is 10.5 Å². The summed E-state index contributed by atoms with van der Waals surface area (Å²) in [5.74, 6) is 0.132.